The van der Waals surface area contributed by atoms with Gasteiger partial charge in [-0.15, -0.1) is 0 Å². The smallest absolute Gasteiger partial charge is 0.262 e. The minimum absolute atomic E-state index is 0.0105. The summed E-state index contributed by atoms with van der Waals surface area (Å²) in [5.41, 5.74) is 2.11. The first kappa shape index (κ1) is 15.4. The zero-order valence-corrected chi connectivity index (χ0v) is 13.0. The summed E-state index contributed by atoms with van der Waals surface area (Å²) in [6, 6.07) is 12.6. The average Bonchev–Trinajstić information content (AvgIpc) is 2.54. The van der Waals surface area contributed by atoms with Gasteiger partial charge in [-0.3, -0.25) is 9.59 Å². The van der Waals surface area contributed by atoms with Crippen molar-refractivity contribution in [3.8, 4) is 5.75 Å². The lowest BCUT2D eigenvalue weighted by Crippen LogP contribution is -2.25. The van der Waals surface area contributed by atoms with Gasteiger partial charge in [0, 0.05) is 17.1 Å². The van der Waals surface area contributed by atoms with Crippen molar-refractivity contribution in [2.75, 3.05) is 17.2 Å². The molecule has 2 N–H and O–H groups in total. The fourth-order valence-electron chi connectivity index (χ4n) is 2.33. The van der Waals surface area contributed by atoms with E-state index in [-0.39, 0.29) is 18.4 Å². The minimum Gasteiger partial charge on any atom is -0.482 e. The molecule has 6 heteroatoms. The van der Waals surface area contributed by atoms with E-state index < -0.39 is 0 Å². The normalized spacial score (nSPS) is 12.8. The highest BCUT2D eigenvalue weighted by Gasteiger charge is 2.16. The number of halogens is 1. The molecule has 1 aliphatic rings. The zero-order valence-electron chi connectivity index (χ0n) is 12.3. The number of anilines is 2. The molecule has 0 fully saturated rings. The first-order chi connectivity index (χ1) is 11.1. The maximum atomic E-state index is 12.1. The van der Waals surface area contributed by atoms with Crippen molar-refractivity contribution >= 4 is 34.8 Å². The summed E-state index contributed by atoms with van der Waals surface area (Å²) in [4.78, 5) is 23.4. The molecule has 23 heavy (non-hydrogen) atoms. The Hall–Kier alpha value is -2.53. The predicted molar refractivity (Wildman–Crippen MR) is 89.0 cm³/mol. The summed E-state index contributed by atoms with van der Waals surface area (Å²) < 4.78 is 5.27. The quantitative estimate of drug-likeness (QED) is 0.904. The molecule has 3 rings (SSSR count). The fraction of sp³-hybridized carbons (Fsp3) is 0.176. The van der Waals surface area contributed by atoms with Crippen LogP contribution in [0, 0.1) is 0 Å². The molecule has 0 radical (unpaired) electrons. The van der Waals surface area contributed by atoms with Gasteiger partial charge in [-0.25, -0.2) is 0 Å². The summed E-state index contributed by atoms with van der Waals surface area (Å²) in [6.07, 6.45) is 0.889. The van der Waals surface area contributed by atoms with Gasteiger partial charge < -0.3 is 15.4 Å². The Morgan fingerprint density at radius 2 is 2.09 bits per heavy atom. The summed E-state index contributed by atoms with van der Waals surface area (Å²) in [5, 5.41) is 6.17. The molecule has 0 bridgehead atoms. The molecular formula is C17H15ClN2O3. The first-order valence-electron chi connectivity index (χ1n) is 7.22. The lowest BCUT2D eigenvalue weighted by molar-refractivity contribution is -0.118. The third-order valence-electron chi connectivity index (χ3n) is 3.48. The van der Waals surface area contributed by atoms with Gasteiger partial charge in [0.05, 0.1) is 5.69 Å². The Kier molecular flexibility index (Phi) is 4.48. The summed E-state index contributed by atoms with van der Waals surface area (Å²) in [6.45, 7) is 0.0105. The molecule has 2 aromatic carbocycles. The fourth-order valence-corrected chi connectivity index (χ4v) is 2.56. The third kappa shape index (κ3) is 3.81. The van der Waals surface area contributed by atoms with Crippen molar-refractivity contribution in [2.24, 2.45) is 0 Å². The molecule has 0 aliphatic carbocycles. The minimum atomic E-state index is -0.209. The van der Waals surface area contributed by atoms with E-state index in [4.69, 9.17) is 16.3 Å². The van der Waals surface area contributed by atoms with Gasteiger partial charge in [0.2, 0.25) is 5.91 Å². The molecule has 5 nitrogen and oxygen atoms in total. The molecule has 0 aromatic heterocycles. The Bertz CT molecular complexity index is 761. The van der Waals surface area contributed by atoms with Crippen LogP contribution in [0.3, 0.4) is 0 Å². The number of hydrogen-bond acceptors (Lipinski definition) is 3. The van der Waals surface area contributed by atoms with Crippen LogP contribution in [0.5, 0.6) is 5.75 Å². The van der Waals surface area contributed by atoms with E-state index in [1.807, 2.05) is 18.2 Å². The molecule has 0 saturated carbocycles. The molecule has 0 saturated heterocycles. The number of fused-ring (bicyclic) bond motifs is 1. The summed E-state index contributed by atoms with van der Waals surface area (Å²) in [7, 11) is 0. The van der Waals surface area contributed by atoms with Gasteiger partial charge in [0.1, 0.15) is 5.75 Å². The van der Waals surface area contributed by atoms with Crippen LogP contribution < -0.4 is 15.4 Å². The van der Waals surface area contributed by atoms with Crippen LogP contribution in [0.4, 0.5) is 11.4 Å². The molecule has 0 unspecified atom stereocenters. The van der Waals surface area contributed by atoms with Gasteiger partial charge in [-0.05, 0) is 36.2 Å². The van der Waals surface area contributed by atoms with Crippen molar-refractivity contribution < 1.29 is 14.3 Å². The lowest BCUT2D eigenvalue weighted by atomic mass is 10.1. The van der Waals surface area contributed by atoms with E-state index in [0.29, 0.717) is 35.0 Å². The van der Waals surface area contributed by atoms with E-state index >= 15 is 0 Å². The van der Waals surface area contributed by atoms with Gasteiger partial charge in [0.15, 0.2) is 6.61 Å². The number of ether oxygens (including phenoxy) is 1. The number of amides is 2. The Morgan fingerprint density at radius 1 is 1.26 bits per heavy atom. The van der Waals surface area contributed by atoms with E-state index in [1.54, 1.807) is 24.3 Å². The van der Waals surface area contributed by atoms with E-state index in [9.17, 15) is 9.59 Å². The molecule has 2 aromatic rings. The standard InChI is InChI=1S/C17H15ClN2O3/c18-13-4-2-1-3-11(13)5-8-16(21)19-12-6-7-15-14(9-12)20-17(22)10-23-15/h1-4,6-7,9H,5,8,10H2,(H,19,21)(H,20,22). The summed E-state index contributed by atoms with van der Waals surface area (Å²) in [5.74, 6) is 0.270. The molecule has 0 atom stereocenters. The van der Waals surface area contributed by atoms with Gasteiger partial charge in [0.25, 0.3) is 5.91 Å². The Balaban J connectivity index is 1.61. The first-order valence-corrected chi connectivity index (χ1v) is 7.59. The maximum absolute atomic E-state index is 12.1. The van der Waals surface area contributed by atoms with Crippen molar-refractivity contribution in [2.45, 2.75) is 12.8 Å². The third-order valence-corrected chi connectivity index (χ3v) is 3.84. The largest absolute Gasteiger partial charge is 0.482 e. The van der Waals surface area contributed by atoms with Crippen LogP contribution in [-0.2, 0) is 16.0 Å². The topological polar surface area (TPSA) is 67.4 Å². The number of benzene rings is 2. The highest BCUT2D eigenvalue weighted by Crippen LogP contribution is 2.30. The number of carbonyl (C=O) groups excluding carboxylic acids is 2. The van der Waals surface area contributed by atoms with Crippen molar-refractivity contribution in [3.63, 3.8) is 0 Å². The lowest BCUT2D eigenvalue weighted by Gasteiger charge is -2.18. The summed E-state index contributed by atoms with van der Waals surface area (Å²) >= 11 is 6.08. The second kappa shape index (κ2) is 6.71. The number of nitrogens with one attached hydrogen (secondary N) is 2. The SMILES string of the molecule is O=C(CCc1ccccc1Cl)Nc1ccc2c(c1)NC(=O)CO2. The van der Waals surface area contributed by atoms with Gasteiger partial charge in [-0.1, -0.05) is 29.8 Å². The molecule has 1 heterocycles. The van der Waals surface area contributed by atoms with Crippen LogP contribution in [-0.4, -0.2) is 18.4 Å². The predicted octanol–water partition coefficient (Wildman–Crippen LogP) is 3.24. The molecule has 118 valence electrons. The van der Waals surface area contributed by atoms with Crippen molar-refractivity contribution in [1.82, 2.24) is 0 Å². The second-order valence-corrected chi connectivity index (χ2v) is 5.59. The number of aryl methyl sites for hydroxylation is 1. The van der Waals surface area contributed by atoms with Crippen LogP contribution >= 0.6 is 11.6 Å². The highest BCUT2D eigenvalue weighted by molar-refractivity contribution is 6.31. The monoisotopic (exact) mass is 330 g/mol. The van der Waals surface area contributed by atoms with Crippen molar-refractivity contribution in [3.05, 3.63) is 53.1 Å². The number of hydrogen-bond donors (Lipinski definition) is 2. The Morgan fingerprint density at radius 3 is 2.91 bits per heavy atom. The van der Waals surface area contributed by atoms with Gasteiger partial charge in [-0.2, -0.15) is 0 Å². The second-order valence-electron chi connectivity index (χ2n) is 5.19. The molecular weight excluding hydrogens is 316 g/mol. The molecule has 1 aliphatic heterocycles. The van der Waals surface area contributed by atoms with E-state index in [0.717, 1.165) is 5.56 Å². The number of rotatable bonds is 4. The molecule has 2 amide bonds. The highest BCUT2D eigenvalue weighted by atomic mass is 35.5. The van der Waals surface area contributed by atoms with E-state index in [2.05, 4.69) is 10.6 Å². The van der Waals surface area contributed by atoms with Crippen LogP contribution in [0.15, 0.2) is 42.5 Å². The van der Waals surface area contributed by atoms with Gasteiger partial charge >= 0.3 is 0 Å². The maximum Gasteiger partial charge on any atom is 0.262 e. The van der Waals surface area contributed by atoms with E-state index in [1.165, 1.54) is 0 Å². The van der Waals surface area contributed by atoms with Crippen LogP contribution in [0.25, 0.3) is 0 Å². The van der Waals surface area contributed by atoms with Crippen molar-refractivity contribution in [1.29, 1.82) is 0 Å². The van der Waals surface area contributed by atoms with Crippen LogP contribution in [0.1, 0.15) is 12.0 Å². The Labute approximate surface area is 138 Å². The molecule has 0 spiro atoms. The number of carbonyl (C=O) groups is 2. The average molecular weight is 331 g/mol. The van der Waals surface area contributed by atoms with Crippen LogP contribution in [0.2, 0.25) is 5.02 Å². The zero-order chi connectivity index (χ0) is 16.2.